The molecule has 0 aliphatic heterocycles. The van der Waals surface area contributed by atoms with Crippen LogP contribution in [-0.2, 0) is 4.79 Å². The molecule has 4 aliphatic rings. The van der Waals surface area contributed by atoms with E-state index in [2.05, 4.69) is 46.6 Å². The monoisotopic (exact) mass is 428 g/mol. The van der Waals surface area contributed by atoms with Gasteiger partial charge in [0, 0.05) is 11.5 Å². The molecule has 0 heterocycles. The number of rotatable bonds is 5. The van der Waals surface area contributed by atoms with E-state index in [0.717, 1.165) is 38.5 Å². The summed E-state index contributed by atoms with van der Waals surface area (Å²) in [5.74, 6) is 4.68. The SMILES string of the molecule is CC(C)CCC[C@@H](C)[C@H]1C(O)C(=C=O)[C@H]2[C@@H]3CC=C4C[C@@H](O)CC[C@]4(C)[C@H]3CC[C@]12C. The van der Waals surface area contributed by atoms with E-state index in [1.807, 2.05) is 0 Å². The van der Waals surface area contributed by atoms with Crippen molar-refractivity contribution in [3.05, 3.63) is 17.2 Å². The Hall–Kier alpha value is -0.890. The summed E-state index contributed by atoms with van der Waals surface area (Å²) >= 11 is 0. The predicted molar refractivity (Wildman–Crippen MR) is 125 cm³/mol. The Kier molecular flexibility index (Phi) is 6.36. The zero-order valence-electron chi connectivity index (χ0n) is 20.4. The van der Waals surface area contributed by atoms with Crippen molar-refractivity contribution in [2.45, 2.75) is 105 Å². The van der Waals surface area contributed by atoms with Gasteiger partial charge in [-0.2, -0.15) is 0 Å². The van der Waals surface area contributed by atoms with Crippen molar-refractivity contribution in [1.82, 2.24) is 0 Å². The molecule has 3 heteroatoms. The van der Waals surface area contributed by atoms with Gasteiger partial charge in [0.05, 0.1) is 12.2 Å². The molecule has 4 rings (SSSR count). The average Bonchev–Trinajstić information content (AvgIpc) is 2.94. The summed E-state index contributed by atoms with van der Waals surface area (Å²) in [6.07, 6.45) is 11.1. The second kappa shape index (κ2) is 8.47. The quantitative estimate of drug-likeness (QED) is 0.434. The molecule has 0 spiro atoms. The summed E-state index contributed by atoms with van der Waals surface area (Å²) in [4.78, 5) is 12.2. The van der Waals surface area contributed by atoms with Gasteiger partial charge in [-0.25, -0.2) is 4.79 Å². The summed E-state index contributed by atoms with van der Waals surface area (Å²) in [6.45, 7) is 11.6. The molecule has 0 aromatic rings. The molecule has 4 aliphatic carbocycles. The van der Waals surface area contributed by atoms with Crippen molar-refractivity contribution in [3.8, 4) is 0 Å². The average molecular weight is 429 g/mol. The van der Waals surface area contributed by atoms with Crippen LogP contribution in [0.2, 0.25) is 0 Å². The first-order valence-corrected chi connectivity index (χ1v) is 12.9. The second-order valence-corrected chi connectivity index (χ2v) is 12.4. The number of aliphatic hydroxyl groups excluding tert-OH is 2. The zero-order valence-corrected chi connectivity index (χ0v) is 20.4. The van der Waals surface area contributed by atoms with Gasteiger partial charge in [0.2, 0.25) is 0 Å². The van der Waals surface area contributed by atoms with E-state index in [-0.39, 0.29) is 28.8 Å². The van der Waals surface area contributed by atoms with Crippen LogP contribution in [0, 0.1) is 46.3 Å². The van der Waals surface area contributed by atoms with Crippen LogP contribution in [0.5, 0.6) is 0 Å². The summed E-state index contributed by atoms with van der Waals surface area (Å²) < 4.78 is 0. The van der Waals surface area contributed by atoms with Crippen LogP contribution in [0.4, 0.5) is 0 Å². The maximum atomic E-state index is 12.2. The molecule has 3 saturated carbocycles. The van der Waals surface area contributed by atoms with E-state index in [4.69, 9.17) is 0 Å². The molecule has 174 valence electrons. The van der Waals surface area contributed by atoms with Gasteiger partial charge < -0.3 is 10.2 Å². The van der Waals surface area contributed by atoms with Crippen molar-refractivity contribution < 1.29 is 15.0 Å². The molecule has 3 fully saturated rings. The molecular weight excluding hydrogens is 384 g/mol. The van der Waals surface area contributed by atoms with Gasteiger partial charge in [0.25, 0.3) is 0 Å². The first-order chi connectivity index (χ1) is 14.6. The third-order valence-corrected chi connectivity index (χ3v) is 10.2. The number of hydrogen-bond acceptors (Lipinski definition) is 3. The normalized spacial score (nSPS) is 45.4. The number of carbonyl (C=O) groups excluding carboxylic acids is 1. The van der Waals surface area contributed by atoms with Crippen molar-refractivity contribution in [2.24, 2.45) is 46.3 Å². The Balaban J connectivity index is 1.64. The maximum absolute atomic E-state index is 12.2. The Bertz CT molecular complexity index is 762. The van der Waals surface area contributed by atoms with Crippen LogP contribution in [0.25, 0.3) is 0 Å². The second-order valence-electron chi connectivity index (χ2n) is 12.4. The molecular formula is C28H44O3. The molecule has 9 atom stereocenters. The van der Waals surface area contributed by atoms with Crippen LogP contribution >= 0.6 is 0 Å². The lowest BCUT2D eigenvalue weighted by atomic mass is 9.46. The van der Waals surface area contributed by atoms with Crippen LogP contribution in [0.15, 0.2) is 17.2 Å². The Morgan fingerprint density at radius 3 is 2.55 bits per heavy atom. The fourth-order valence-corrected chi connectivity index (χ4v) is 8.69. The smallest absolute Gasteiger partial charge is 0.126 e. The summed E-state index contributed by atoms with van der Waals surface area (Å²) in [7, 11) is 0. The summed E-state index contributed by atoms with van der Waals surface area (Å²) in [5, 5.41) is 21.6. The van der Waals surface area contributed by atoms with Gasteiger partial charge in [0.1, 0.15) is 5.94 Å². The first-order valence-electron chi connectivity index (χ1n) is 12.9. The molecule has 0 aromatic heterocycles. The molecule has 0 radical (unpaired) electrons. The standard InChI is InChI=1S/C28H44O3/c1-17(2)7-6-8-18(3)24-26(31)22(16-29)25-21-10-9-19-15-20(30)11-13-27(19,4)23(21)12-14-28(24,25)5/h9,17-18,20-21,23-26,30-31H,6-8,10-15H2,1-5H3/t18-,20+,21-,23+,24+,25-,26?,27+,28-/m1/s1. The topological polar surface area (TPSA) is 57.5 Å². The Morgan fingerprint density at radius 1 is 1.13 bits per heavy atom. The van der Waals surface area contributed by atoms with E-state index in [0.29, 0.717) is 29.2 Å². The molecule has 3 nitrogen and oxygen atoms in total. The van der Waals surface area contributed by atoms with Crippen molar-refractivity contribution >= 4 is 5.94 Å². The zero-order chi connectivity index (χ0) is 22.6. The minimum Gasteiger partial charge on any atom is -0.393 e. The lowest BCUT2D eigenvalue weighted by Gasteiger charge is -2.58. The minimum absolute atomic E-state index is 0.0134. The van der Waals surface area contributed by atoms with Crippen molar-refractivity contribution in [3.63, 3.8) is 0 Å². The predicted octanol–water partition coefficient (Wildman–Crippen LogP) is 5.73. The van der Waals surface area contributed by atoms with Crippen LogP contribution in [0.1, 0.15) is 92.4 Å². The van der Waals surface area contributed by atoms with Crippen LogP contribution in [-0.4, -0.2) is 28.4 Å². The van der Waals surface area contributed by atoms with E-state index in [1.165, 1.54) is 24.8 Å². The highest BCUT2D eigenvalue weighted by Gasteiger charge is 2.64. The van der Waals surface area contributed by atoms with Gasteiger partial charge in [-0.15, -0.1) is 0 Å². The van der Waals surface area contributed by atoms with Gasteiger partial charge >= 0.3 is 0 Å². The number of fused-ring (bicyclic) bond motifs is 5. The van der Waals surface area contributed by atoms with Crippen LogP contribution < -0.4 is 0 Å². The van der Waals surface area contributed by atoms with E-state index in [9.17, 15) is 15.0 Å². The summed E-state index contributed by atoms with van der Waals surface area (Å²) in [5.41, 5.74) is 2.25. The molecule has 0 aromatic carbocycles. The maximum Gasteiger partial charge on any atom is 0.126 e. The molecule has 0 saturated heterocycles. The van der Waals surface area contributed by atoms with Crippen LogP contribution in [0.3, 0.4) is 0 Å². The number of allylic oxidation sites excluding steroid dienone is 1. The van der Waals surface area contributed by atoms with E-state index < -0.39 is 6.10 Å². The Labute approximate surface area is 189 Å². The Morgan fingerprint density at radius 2 is 1.87 bits per heavy atom. The van der Waals surface area contributed by atoms with Gasteiger partial charge in [-0.3, -0.25) is 0 Å². The lowest BCUT2D eigenvalue weighted by Crippen LogP contribution is -2.51. The molecule has 2 N–H and O–H groups in total. The molecule has 0 bridgehead atoms. The fraction of sp³-hybridized carbons (Fsp3) is 0.857. The van der Waals surface area contributed by atoms with E-state index in [1.54, 1.807) is 0 Å². The van der Waals surface area contributed by atoms with E-state index >= 15 is 0 Å². The number of aliphatic hydroxyl groups is 2. The summed E-state index contributed by atoms with van der Waals surface area (Å²) in [6, 6.07) is 0. The fourth-order valence-electron chi connectivity index (χ4n) is 8.69. The molecule has 31 heavy (non-hydrogen) atoms. The van der Waals surface area contributed by atoms with Gasteiger partial charge in [-0.1, -0.05) is 65.5 Å². The third-order valence-electron chi connectivity index (χ3n) is 10.2. The first kappa shape index (κ1) is 23.3. The van der Waals surface area contributed by atoms with Gasteiger partial charge in [-0.05, 0) is 78.9 Å². The highest BCUT2D eigenvalue weighted by atomic mass is 16.3. The third kappa shape index (κ3) is 3.69. The number of hydrogen-bond donors (Lipinski definition) is 2. The van der Waals surface area contributed by atoms with Crippen molar-refractivity contribution in [2.75, 3.05) is 0 Å². The largest absolute Gasteiger partial charge is 0.393 e. The van der Waals surface area contributed by atoms with Crippen molar-refractivity contribution in [1.29, 1.82) is 0 Å². The molecule has 0 amide bonds. The lowest BCUT2D eigenvalue weighted by molar-refractivity contribution is -0.0587. The molecule has 1 unspecified atom stereocenters. The highest BCUT2D eigenvalue weighted by Crippen LogP contribution is 2.68. The minimum atomic E-state index is -0.633. The highest BCUT2D eigenvalue weighted by molar-refractivity contribution is 5.58. The van der Waals surface area contributed by atoms with Gasteiger partial charge in [0.15, 0.2) is 0 Å².